The minimum atomic E-state index is -1.40. The van der Waals surface area contributed by atoms with Crippen LogP contribution >= 0.6 is 22.6 Å². The van der Waals surface area contributed by atoms with Crippen molar-refractivity contribution in [3.63, 3.8) is 0 Å². The highest BCUT2D eigenvalue weighted by Gasteiger charge is 2.58. The molecule has 1 aliphatic rings. The number of halogens is 1. The van der Waals surface area contributed by atoms with Crippen molar-refractivity contribution in [1.82, 2.24) is 9.55 Å². The van der Waals surface area contributed by atoms with E-state index in [9.17, 15) is 14.7 Å². The van der Waals surface area contributed by atoms with E-state index in [0.717, 1.165) is 0 Å². The number of alkyl halides is 1. The number of H-pyrrole nitrogens is 1. The number of aliphatic hydroxyl groups excluding tert-OH is 1. The maximum absolute atomic E-state index is 12.6. The van der Waals surface area contributed by atoms with Gasteiger partial charge in [-0.2, -0.15) is 0 Å². The summed E-state index contributed by atoms with van der Waals surface area (Å²) >= 11 is 2.21. The molecule has 0 aromatic carbocycles. The predicted octanol–water partition coefficient (Wildman–Crippen LogP) is 1.36. The van der Waals surface area contributed by atoms with Crippen molar-refractivity contribution in [2.75, 3.05) is 11.0 Å². The second kappa shape index (κ2) is 7.86. The lowest BCUT2D eigenvalue weighted by Gasteiger charge is -2.38. The Morgan fingerprint density at radius 1 is 1.42 bits per heavy atom. The summed E-state index contributed by atoms with van der Waals surface area (Å²) in [6.07, 6.45) is 0.723. The summed E-state index contributed by atoms with van der Waals surface area (Å²) in [6, 6.07) is 0. The zero-order chi connectivity index (χ0) is 19.9. The molecule has 1 unspecified atom stereocenters. The smallest absolute Gasteiger partial charge is 0.330 e. The molecule has 2 heterocycles. The lowest BCUT2D eigenvalue weighted by atomic mass is 10.0. The van der Waals surface area contributed by atoms with Gasteiger partial charge in [-0.1, -0.05) is 35.7 Å². The number of nitrogens with one attached hydrogen (secondary N) is 1. The predicted molar refractivity (Wildman–Crippen MR) is 112 cm³/mol. The average molecular weight is 496 g/mol. The lowest BCUT2D eigenvalue weighted by molar-refractivity contribution is -0.125. The summed E-state index contributed by atoms with van der Waals surface area (Å²) in [5.74, 6) is 0. The molecule has 2 rings (SSSR count). The SMILES string of the molecule is Cc1cn([C@]2(CI)O[C@H](CO)[C@@H](OC(C)(C)C)C2[SiH](C)C)c(=O)[nH]c1=O. The van der Waals surface area contributed by atoms with Crippen LogP contribution in [0.3, 0.4) is 0 Å². The van der Waals surface area contributed by atoms with Gasteiger partial charge in [0.2, 0.25) is 0 Å². The molecule has 1 fully saturated rings. The molecule has 26 heavy (non-hydrogen) atoms. The van der Waals surface area contributed by atoms with Crippen LogP contribution in [0.25, 0.3) is 0 Å². The molecule has 0 bridgehead atoms. The number of ether oxygens (including phenoxy) is 2. The quantitative estimate of drug-likeness (QED) is 0.365. The monoisotopic (exact) mass is 496 g/mol. The Morgan fingerprint density at radius 2 is 2.04 bits per heavy atom. The molecule has 9 heteroatoms. The van der Waals surface area contributed by atoms with Crippen LogP contribution in [0.4, 0.5) is 0 Å². The molecule has 148 valence electrons. The number of aryl methyl sites for hydroxylation is 1. The number of hydrogen-bond acceptors (Lipinski definition) is 5. The van der Waals surface area contributed by atoms with E-state index in [2.05, 4.69) is 40.7 Å². The minimum absolute atomic E-state index is 0.0428. The summed E-state index contributed by atoms with van der Waals surface area (Å²) < 4.78 is 14.7. The van der Waals surface area contributed by atoms with Crippen LogP contribution in [-0.2, 0) is 15.2 Å². The van der Waals surface area contributed by atoms with Crippen molar-refractivity contribution < 1.29 is 14.6 Å². The Kier molecular flexibility index (Phi) is 6.59. The molecule has 7 nitrogen and oxygen atoms in total. The van der Waals surface area contributed by atoms with Gasteiger partial charge in [-0.15, -0.1) is 0 Å². The molecule has 1 aromatic rings. The molecular formula is C17H29IN2O5Si. The van der Waals surface area contributed by atoms with E-state index in [1.165, 1.54) is 4.57 Å². The van der Waals surface area contributed by atoms with Gasteiger partial charge < -0.3 is 14.6 Å². The van der Waals surface area contributed by atoms with Crippen molar-refractivity contribution >= 4 is 31.4 Å². The maximum Gasteiger partial charge on any atom is 0.330 e. The molecule has 4 atom stereocenters. The van der Waals surface area contributed by atoms with Gasteiger partial charge in [0, 0.05) is 30.5 Å². The highest BCUT2D eigenvalue weighted by atomic mass is 127. The van der Waals surface area contributed by atoms with Crippen LogP contribution in [0, 0.1) is 6.92 Å². The largest absolute Gasteiger partial charge is 0.394 e. The Balaban J connectivity index is 2.68. The number of nitrogens with zero attached hydrogens (tertiary/aromatic N) is 1. The zero-order valence-corrected chi connectivity index (χ0v) is 19.5. The van der Waals surface area contributed by atoms with Crippen LogP contribution in [0.15, 0.2) is 15.8 Å². The number of aromatic nitrogens is 2. The van der Waals surface area contributed by atoms with Crippen molar-refractivity contribution in [3.05, 3.63) is 32.6 Å². The molecule has 1 aromatic heterocycles. The average Bonchev–Trinajstić information content (AvgIpc) is 2.83. The van der Waals surface area contributed by atoms with Crippen LogP contribution in [-0.4, -0.2) is 52.3 Å². The van der Waals surface area contributed by atoms with Gasteiger partial charge in [0.25, 0.3) is 5.56 Å². The van der Waals surface area contributed by atoms with Crippen LogP contribution in [0.2, 0.25) is 18.6 Å². The molecule has 1 aliphatic heterocycles. The highest BCUT2D eigenvalue weighted by molar-refractivity contribution is 14.1. The normalized spacial score (nSPS) is 29.5. The first kappa shape index (κ1) is 21.8. The fourth-order valence-electron chi connectivity index (χ4n) is 3.74. The van der Waals surface area contributed by atoms with Crippen molar-refractivity contribution in [3.8, 4) is 0 Å². The van der Waals surface area contributed by atoms with E-state index in [1.807, 2.05) is 20.8 Å². The van der Waals surface area contributed by atoms with E-state index in [-0.39, 0.29) is 18.3 Å². The van der Waals surface area contributed by atoms with Gasteiger partial charge in [-0.05, 0) is 27.7 Å². The van der Waals surface area contributed by atoms with Gasteiger partial charge in [0.05, 0.1) is 18.3 Å². The first-order valence-electron chi connectivity index (χ1n) is 8.82. The fourth-order valence-corrected chi connectivity index (χ4v) is 7.76. The Bertz CT molecular complexity index is 757. The first-order valence-corrected chi connectivity index (χ1v) is 13.3. The van der Waals surface area contributed by atoms with Gasteiger partial charge in [-0.25, -0.2) is 4.79 Å². The van der Waals surface area contributed by atoms with Crippen molar-refractivity contribution in [1.29, 1.82) is 0 Å². The lowest BCUT2D eigenvalue weighted by Crippen LogP contribution is -2.51. The molecular weight excluding hydrogens is 467 g/mol. The standard InChI is InChI=1S/C17H29IN2O5Si/c1-10-7-20(15(23)19-14(10)22)17(9-18)13(26(5)6)12(11(8-21)24-17)25-16(2,3)4/h7,11-13,21,26H,8-9H2,1-6H3,(H,19,22,23)/t11-,12-,13?,17-/m1/s1. The van der Waals surface area contributed by atoms with Crippen molar-refractivity contribution in [2.24, 2.45) is 0 Å². The Hall–Kier alpha value is -0.493. The van der Waals surface area contributed by atoms with Crippen LogP contribution < -0.4 is 11.2 Å². The fraction of sp³-hybridized carbons (Fsp3) is 0.765. The summed E-state index contributed by atoms with van der Waals surface area (Å²) in [7, 11) is -1.40. The second-order valence-electron chi connectivity index (χ2n) is 8.22. The third-order valence-corrected chi connectivity index (χ3v) is 8.13. The molecule has 0 amide bonds. The highest BCUT2D eigenvalue weighted by Crippen LogP contribution is 2.49. The molecule has 0 spiro atoms. The summed E-state index contributed by atoms with van der Waals surface area (Å²) in [4.78, 5) is 26.8. The summed E-state index contributed by atoms with van der Waals surface area (Å²) in [6.45, 7) is 11.8. The number of aliphatic hydroxyl groups is 1. The first-order chi connectivity index (χ1) is 12.0. The summed E-state index contributed by atoms with van der Waals surface area (Å²) in [5.41, 5.74) is -1.84. The maximum atomic E-state index is 12.6. The molecule has 1 saturated heterocycles. The number of hydrogen-bond donors (Lipinski definition) is 2. The van der Waals surface area contributed by atoms with Gasteiger partial charge in [0.15, 0.2) is 5.72 Å². The Labute approximate surface area is 168 Å². The van der Waals surface area contributed by atoms with E-state index in [4.69, 9.17) is 9.47 Å². The number of rotatable bonds is 5. The molecule has 2 N–H and O–H groups in total. The van der Waals surface area contributed by atoms with Crippen LogP contribution in [0.1, 0.15) is 26.3 Å². The third-order valence-electron chi connectivity index (χ3n) is 4.70. The Morgan fingerprint density at radius 3 is 2.50 bits per heavy atom. The van der Waals surface area contributed by atoms with E-state index in [0.29, 0.717) is 9.99 Å². The van der Waals surface area contributed by atoms with Gasteiger partial charge >= 0.3 is 5.69 Å². The molecule has 0 radical (unpaired) electrons. The van der Waals surface area contributed by atoms with E-state index >= 15 is 0 Å². The zero-order valence-electron chi connectivity index (χ0n) is 16.2. The van der Waals surface area contributed by atoms with Gasteiger partial charge in [-0.3, -0.25) is 14.3 Å². The molecule has 0 saturated carbocycles. The minimum Gasteiger partial charge on any atom is -0.394 e. The van der Waals surface area contributed by atoms with Gasteiger partial charge in [0.1, 0.15) is 6.10 Å². The van der Waals surface area contributed by atoms with Crippen LogP contribution in [0.5, 0.6) is 0 Å². The molecule has 0 aliphatic carbocycles. The van der Waals surface area contributed by atoms with E-state index < -0.39 is 37.5 Å². The van der Waals surface area contributed by atoms with E-state index in [1.54, 1.807) is 13.1 Å². The second-order valence-corrected chi connectivity index (χ2v) is 12.2. The van der Waals surface area contributed by atoms with Crippen molar-refractivity contribution in [2.45, 2.75) is 69.9 Å². The third kappa shape index (κ3) is 4.01. The topological polar surface area (TPSA) is 93.6 Å². The summed E-state index contributed by atoms with van der Waals surface area (Å²) in [5, 5.41) is 9.94. The number of aromatic amines is 1.